The van der Waals surface area contributed by atoms with Crippen LogP contribution in [0.4, 0.5) is 0 Å². The van der Waals surface area contributed by atoms with Crippen LogP contribution in [0.3, 0.4) is 0 Å². The summed E-state index contributed by atoms with van der Waals surface area (Å²) in [5, 5.41) is 11.3. The number of aliphatic hydroxyl groups excluding tert-OH is 1. The molecule has 1 unspecified atom stereocenters. The molecule has 1 heterocycles. The normalized spacial score (nSPS) is 21.1. The summed E-state index contributed by atoms with van der Waals surface area (Å²) in [4.78, 5) is 28.2. The van der Waals surface area contributed by atoms with Gasteiger partial charge in [0.2, 0.25) is 0 Å². The third-order valence-corrected chi connectivity index (χ3v) is 6.30. The maximum absolute atomic E-state index is 13.3. The maximum Gasteiger partial charge on any atom is 0.295 e. The summed E-state index contributed by atoms with van der Waals surface area (Å²) >= 11 is 0. The largest absolute Gasteiger partial charge is 0.507 e. The molecule has 2 aromatic rings. The number of aliphatic hydroxyl groups is 1. The Kier molecular flexibility index (Phi) is 6.49. The van der Waals surface area contributed by atoms with Crippen LogP contribution in [-0.4, -0.2) is 41.5 Å². The van der Waals surface area contributed by atoms with E-state index in [1.165, 1.54) is 0 Å². The fourth-order valence-electron chi connectivity index (χ4n) is 4.84. The van der Waals surface area contributed by atoms with Crippen LogP contribution >= 0.6 is 0 Å². The predicted octanol–water partition coefficient (Wildman–Crippen LogP) is 4.85. The Morgan fingerprint density at radius 3 is 2.53 bits per heavy atom. The lowest BCUT2D eigenvalue weighted by atomic mass is 9.90. The molecule has 1 aliphatic carbocycles. The van der Waals surface area contributed by atoms with Crippen molar-refractivity contribution in [2.75, 3.05) is 13.7 Å². The molecule has 1 N–H and O–H groups in total. The highest BCUT2D eigenvalue weighted by atomic mass is 16.5. The number of carbonyl (C=O) groups excluding carboxylic acids is 2. The van der Waals surface area contributed by atoms with Crippen LogP contribution in [0.15, 0.2) is 54.1 Å². The lowest BCUT2D eigenvalue weighted by molar-refractivity contribution is -0.141. The molecular formula is C26H29NO5. The number of para-hydroxylation sites is 1. The summed E-state index contributed by atoms with van der Waals surface area (Å²) in [6.45, 7) is 2.36. The molecule has 1 saturated heterocycles. The lowest BCUT2D eigenvalue weighted by Gasteiger charge is -2.35. The Morgan fingerprint density at radius 2 is 1.81 bits per heavy atom. The summed E-state index contributed by atoms with van der Waals surface area (Å²) in [6, 6.07) is 13.6. The first-order valence-electron chi connectivity index (χ1n) is 11.2. The first-order valence-corrected chi connectivity index (χ1v) is 11.2. The molecule has 2 fully saturated rings. The Bertz CT molecular complexity index is 1040. The molecular weight excluding hydrogens is 406 g/mol. The minimum Gasteiger partial charge on any atom is -0.507 e. The molecule has 168 valence electrons. The summed E-state index contributed by atoms with van der Waals surface area (Å²) in [7, 11) is 1.57. The number of ketones is 1. The van der Waals surface area contributed by atoms with E-state index in [9.17, 15) is 14.7 Å². The van der Waals surface area contributed by atoms with E-state index < -0.39 is 17.7 Å². The first kappa shape index (κ1) is 21.9. The number of nitrogens with zero attached hydrogens (tertiary/aromatic N) is 1. The minimum absolute atomic E-state index is 0.0461. The fourth-order valence-corrected chi connectivity index (χ4v) is 4.84. The second kappa shape index (κ2) is 9.47. The lowest BCUT2D eigenvalue weighted by Crippen LogP contribution is -2.40. The van der Waals surface area contributed by atoms with Gasteiger partial charge >= 0.3 is 0 Å². The van der Waals surface area contributed by atoms with Crippen molar-refractivity contribution >= 4 is 17.4 Å². The first-order chi connectivity index (χ1) is 15.6. The van der Waals surface area contributed by atoms with Crippen LogP contribution in [0.25, 0.3) is 5.76 Å². The standard InChI is InChI=1S/C26H29NO5/c1-3-32-19-13-9-10-17(16-19)24(28)22-23(20-14-7-8-15-21(20)31-2)27(26(30)25(22)29)18-11-5-4-6-12-18/h7-10,13-16,18,23,28H,3-6,11-12H2,1-2H3/b24-22-. The molecule has 2 aliphatic rings. The van der Waals surface area contributed by atoms with E-state index in [1.807, 2.05) is 31.2 Å². The molecule has 6 heteroatoms. The second-order valence-corrected chi connectivity index (χ2v) is 8.20. The van der Waals surface area contributed by atoms with E-state index in [0.29, 0.717) is 29.2 Å². The third kappa shape index (κ3) is 3.97. The minimum atomic E-state index is -0.704. The maximum atomic E-state index is 13.3. The van der Waals surface area contributed by atoms with E-state index in [2.05, 4.69) is 0 Å². The van der Waals surface area contributed by atoms with E-state index in [-0.39, 0.29) is 17.4 Å². The summed E-state index contributed by atoms with van der Waals surface area (Å²) in [5.41, 5.74) is 1.23. The van der Waals surface area contributed by atoms with Crippen molar-refractivity contribution in [2.24, 2.45) is 0 Å². The van der Waals surface area contributed by atoms with Gasteiger partial charge in [0.15, 0.2) is 0 Å². The third-order valence-electron chi connectivity index (χ3n) is 6.30. The van der Waals surface area contributed by atoms with Crippen molar-refractivity contribution in [3.05, 3.63) is 65.2 Å². The smallest absolute Gasteiger partial charge is 0.295 e. The van der Waals surface area contributed by atoms with Crippen molar-refractivity contribution < 1.29 is 24.2 Å². The Morgan fingerprint density at radius 1 is 1.06 bits per heavy atom. The molecule has 1 aliphatic heterocycles. The number of benzene rings is 2. The number of hydrogen-bond acceptors (Lipinski definition) is 5. The molecule has 1 atom stereocenters. The zero-order valence-corrected chi connectivity index (χ0v) is 18.5. The number of amides is 1. The highest BCUT2D eigenvalue weighted by Gasteiger charge is 2.49. The van der Waals surface area contributed by atoms with E-state index in [1.54, 1.807) is 36.3 Å². The van der Waals surface area contributed by atoms with Crippen molar-refractivity contribution in [2.45, 2.75) is 51.1 Å². The fraction of sp³-hybridized carbons (Fsp3) is 0.385. The number of rotatable bonds is 6. The van der Waals surface area contributed by atoms with E-state index in [4.69, 9.17) is 9.47 Å². The molecule has 1 saturated carbocycles. The van der Waals surface area contributed by atoms with Gasteiger partial charge in [-0.1, -0.05) is 49.6 Å². The van der Waals surface area contributed by atoms with Crippen molar-refractivity contribution in [1.82, 2.24) is 4.90 Å². The molecule has 0 bridgehead atoms. The van der Waals surface area contributed by atoms with Gasteiger partial charge in [-0.3, -0.25) is 9.59 Å². The zero-order chi connectivity index (χ0) is 22.7. The average molecular weight is 436 g/mol. The van der Waals surface area contributed by atoms with Crippen LogP contribution in [0.1, 0.15) is 56.2 Å². The zero-order valence-electron chi connectivity index (χ0n) is 18.5. The molecule has 1 amide bonds. The number of likely N-dealkylation sites (tertiary alicyclic amines) is 1. The quantitative estimate of drug-likeness (QED) is 0.399. The number of methoxy groups -OCH3 is 1. The summed E-state index contributed by atoms with van der Waals surface area (Å²) in [5.74, 6) is -0.249. The van der Waals surface area contributed by atoms with Crippen LogP contribution in [0.2, 0.25) is 0 Å². The number of hydrogen-bond donors (Lipinski definition) is 1. The topological polar surface area (TPSA) is 76.1 Å². The van der Waals surface area contributed by atoms with Crippen molar-refractivity contribution in [3.63, 3.8) is 0 Å². The van der Waals surface area contributed by atoms with Gasteiger partial charge in [0.25, 0.3) is 11.7 Å². The highest BCUT2D eigenvalue weighted by molar-refractivity contribution is 6.46. The number of carbonyl (C=O) groups is 2. The van der Waals surface area contributed by atoms with Crippen LogP contribution in [0.5, 0.6) is 11.5 Å². The van der Waals surface area contributed by atoms with Gasteiger partial charge < -0.3 is 19.5 Å². The average Bonchev–Trinajstić information content (AvgIpc) is 3.09. The number of Topliss-reactive ketones (excluding diaryl/α,β-unsaturated/α-hetero) is 1. The highest BCUT2D eigenvalue weighted by Crippen LogP contribution is 2.45. The van der Waals surface area contributed by atoms with Crippen LogP contribution < -0.4 is 9.47 Å². The number of ether oxygens (including phenoxy) is 2. The van der Waals surface area contributed by atoms with Gasteiger partial charge in [-0.05, 0) is 38.0 Å². The van der Waals surface area contributed by atoms with Gasteiger partial charge in [-0.25, -0.2) is 0 Å². The molecule has 4 rings (SSSR count). The Balaban J connectivity index is 1.89. The monoisotopic (exact) mass is 435 g/mol. The molecule has 32 heavy (non-hydrogen) atoms. The van der Waals surface area contributed by atoms with E-state index >= 15 is 0 Å². The van der Waals surface area contributed by atoms with Gasteiger partial charge in [-0.2, -0.15) is 0 Å². The Hall–Kier alpha value is -3.28. The van der Waals surface area contributed by atoms with E-state index in [0.717, 1.165) is 32.1 Å². The predicted molar refractivity (Wildman–Crippen MR) is 122 cm³/mol. The summed E-state index contributed by atoms with van der Waals surface area (Å²) in [6.07, 6.45) is 4.85. The van der Waals surface area contributed by atoms with Crippen molar-refractivity contribution in [3.8, 4) is 11.5 Å². The molecule has 0 radical (unpaired) electrons. The van der Waals surface area contributed by atoms with Gasteiger partial charge in [-0.15, -0.1) is 0 Å². The van der Waals surface area contributed by atoms with Crippen molar-refractivity contribution in [1.29, 1.82) is 0 Å². The summed E-state index contributed by atoms with van der Waals surface area (Å²) < 4.78 is 11.1. The van der Waals surface area contributed by atoms with Crippen LogP contribution in [0, 0.1) is 0 Å². The second-order valence-electron chi connectivity index (χ2n) is 8.20. The SMILES string of the molecule is CCOc1cccc(/C(O)=C2/C(=O)C(=O)N(C3CCCCC3)C2c2ccccc2OC)c1. The Labute approximate surface area is 188 Å². The molecule has 6 nitrogen and oxygen atoms in total. The van der Waals surface area contributed by atoms with Gasteiger partial charge in [0.1, 0.15) is 17.3 Å². The van der Waals surface area contributed by atoms with Gasteiger partial charge in [0.05, 0.1) is 25.3 Å². The van der Waals surface area contributed by atoms with Gasteiger partial charge in [0, 0.05) is 17.2 Å². The molecule has 0 spiro atoms. The van der Waals surface area contributed by atoms with Crippen LogP contribution in [-0.2, 0) is 9.59 Å². The molecule has 2 aromatic carbocycles. The molecule has 0 aromatic heterocycles.